The van der Waals surface area contributed by atoms with Crippen LogP contribution >= 0.6 is 15.9 Å². The van der Waals surface area contributed by atoms with Crippen LogP contribution in [0.4, 0.5) is 13.2 Å². The first-order valence-corrected chi connectivity index (χ1v) is 7.42. The first-order chi connectivity index (χ1) is 10.0. The van der Waals surface area contributed by atoms with E-state index >= 15 is 0 Å². The number of nitrogens with one attached hydrogen (secondary N) is 1. The molecule has 0 aromatic heterocycles. The van der Waals surface area contributed by atoms with Crippen molar-refractivity contribution in [2.24, 2.45) is 0 Å². The topological polar surface area (TPSA) is 12.0 Å². The van der Waals surface area contributed by atoms with Crippen LogP contribution in [0.3, 0.4) is 0 Å². The Kier molecular flexibility index (Phi) is 5.42. The van der Waals surface area contributed by atoms with Crippen LogP contribution < -0.4 is 5.32 Å². The van der Waals surface area contributed by atoms with Gasteiger partial charge in [0.05, 0.1) is 4.47 Å². The molecule has 0 saturated heterocycles. The molecule has 1 nitrogen and oxygen atoms in total. The van der Waals surface area contributed by atoms with Crippen molar-refractivity contribution in [3.8, 4) is 0 Å². The van der Waals surface area contributed by atoms with Crippen molar-refractivity contribution in [3.63, 3.8) is 0 Å². The highest BCUT2D eigenvalue weighted by atomic mass is 79.9. The van der Waals surface area contributed by atoms with E-state index in [4.69, 9.17) is 0 Å². The molecule has 2 rings (SSSR count). The first kappa shape index (κ1) is 16.0. The summed E-state index contributed by atoms with van der Waals surface area (Å²) in [6.07, 6.45) is 0.451. The van der Waals surface area contributed by atoms with E-state index in [0.717, 1.165) is 11.6 Å². The summed E-state index contributed by atoms with van der Waals surface area (Å²) in [7, 11) is 0. The zero-order valence-corrected chi connectivity index (χ0v) is 13.1. The molecular weight excluding hydrogens is 343 g/mol. The standard InChI is InChI=1S/C16H15BrF3N/c1-2-21-16(7-10-3-5-11(18)6-4-10)12-8-15(20)13(17)9-14(12)19/h3-6,8-9,16,21H,2,7H2,1H3. The molecule has 0 heterocycles. The second kappa shape index (κ2) is 7.09. The van der Waals surface area contributed by atoms with E-state index in [-0.39, 0.29) is 21.9 Å². The molecule has 0 spiro atoms. The van der Waals surface area contributed by atoms with E-state index < -0.39 is 11.6 Å². The Hall–Kier alpha value is -1.33. The molecule has 1 N–H and O–H groups in total. The number of halogens is 4. The summed E-state index contributed by atoms with van der Waals surface area (Å²) in [6, 6.07) is 7.95. The second-order valence-electron chi connectivity index (χ2n) is 4.73. The molecule has 2 aromatic rings. The van der Waals surface area contributed by atoms with Crippen LogP contribution in [0.1, 0.15) is 24.1 Å². The lowest BCUT2D eigenvalue weighted by molar-refractivity contribution is 0.500. The highest BCUT2D eigenvalue weighted by Gasteiger charge is 2.18. The quantitative estimate of drug-likeness (QED) is 0.760. The predicted molar refractivity (Wildman–Crippen MR) is 80.6 cm³/mol. The van der Waals surface area contributed by atoms with E-state index in [1.54, 1.807) is 12.1 Å². The van der Waals surface area contributed by atoms with Gasteiger partial charge in [-0.2, -0.15) is 0 Å². The van der Waals surface area contributed by atoms with Crippen LogP contribution in [0, 0.1) is 17.5 Å². The molecular formula is C16H15BrF3N. The Morgan fingerprint density at radius 2 is 1.71 bits per heavy atom. The average Bonchev–Trinajstić information content (AvgIpc) is 2.45. The van der Waals surface area contributed by atoms with Crippen LogP contribution in [-0.2, 0) is 6.42 Å². The second-order valence-corrected chi connectivity index (χ2v) is 5.58. The minimum atomic E-state index is -0.506. The van der Waals surface area contributed by atoms with Gasteiger partial charge in [-0.15, -0.1) is 0 Å². The van der Waals surface area contributed by atoms with Gasteiger partial charge in [0.1, 0.15) is 17.5 Å². The highest BCUT2D eigenvalue weighted by molar-refractivity contribution is 9.10. The van der Waals surface area contributed by atoms with Gasteiger partial charge in [-0.05, 0) is 58.7 Å². The first-order valence-electron chi connectivity index (χ1n) is 6.63. The third-order valence-electron chi connectivity index (χ3n) is 3.22. The fourth-order valence-corrected chi connectivity index (χ4v) is 2.52. The maximum Gasteiger partial charge on any atom is 0.137 e. The number of hydrogen-bond acceptors (Lipinski definition) is 1. The molecule has 1 unspecified atom stereocenters. The van der Waals surface area contributed by atoms with Crippen molar-refractivity contribution >= 4 is 15.9 Å². The summed E-state index contributed by atoms with van der Waals surface area (Å²) in [4.78, 5) is 0. The van der Waals surface area contributed by atoms with Crippen LogP contribution in [0.15, 0.2) is 40.9 Å². The summed E-state index contributed by atoms with van der Waals surface area (Å²) < 4.78 is 40.8. The summed E-state index contributed by atoms with van der Waals surface area (Å²) in [5.74, 6) is -1.30. The van der Waals surface area contributed by atoms with Gasteiger partial charge in [0.15, 0.2) is 0 Å². The Balaban J connectivity index is 2.30. The molecule has 2 aromatic carbocycles. The van der Waals surface area contributed by atoms with Crippen LogP contribution in [0.2, 0.25) is 0 Å². The predicted octanol–water partition coefficient (Wildman–Crippen LogP) is 4.76. The fraction of sp³-hybridized carbons (Fsp3) is 0.250. The Morgan fingerprint density at radius 1 is 1.05 bits per heavy atom. The highest BCUT2D eigenvalue weighted by Crippen LogP contribution is 2.26. The van der Waals surface area contributed by atoms with E-state index in [9.17, 15) is 13.2 Å². The molecule has 21 heavy (non-hydrogen) atoms. The number of rotatable bonds is 5. The molecule has 0 radical (unpaired) electrons. The lowest BCUT2D eigenvalue weighted by Crippen LogP contribution is -2.24. The van der Waals surface area contributed by atoms with Gasteiger partial charge in [0, 0.05) is 11.6 Å². The van der Waals surface area contributed by atoms with Crippen molar-refractivity contribution in [2.45, 2.75) is 19.4 Å². The Bertz CT molecular complexity index is 614. The van der Waals surface area contributed by atoms with Gasteiger partial charge in [-0.3, -0.25) is 0 Å². The number of likely N-dealkylation sites (N-methyl/N-ethyl adjacent to an activating group) is 1. The summed E-state index contributed by atoms with van der Waals surface area (Å²) in [5, 5.41) is 3.13. The molecule has 0 aliphatic rings. The average molecular weight is 358 g/mol. The lowest BCUT2D eigenvalue weighted by atomic mass is 9.98. The van der Waals surface area contributed by atoms with Crippen molar-refractivity contribution in [3.05, 3.63) is 69.4 Å². The van der Waals surface area contributed by atoms with Crippen LogP contribution in [-0.4, -0.2) is 6.54 Å². The SMILES string of the molecule is CCNC(Cc1ccc(F)cc1)c1cc(F)c(Br)cc1F. The molecule has 0 saturated carbocycles. The lowest BCUT2D eigenvalue weighted by Gasteiger charge is -2.19. The Morgan fingerprint density at radius 3 is 2.33 bits per heavy atom. The molecule has 1 atom stereocenters. The summed E-state index contributed by atoms with van der Waals surface area (Å²) >= 11 is 2.97. The van der Waals surface area contributed by atoms with E-state index in [0.29, 0.717) is 13.0 Å². The minimum Gasteiger partial charge on any atom is -0.310 e. The van der Waals surface area contributed by atoms with Crippen molar-refractivity contribution in [1.29, 1.82) is 0 Å². The smallest absolute Gasteiger partial charge is 0.137 e. The minimum absolute atomic E-state index is 0.0979. The molecule has 112 valence electrons. The van der Waals surface area contributed by atoms with Gasteiger partial charge in [0.25, 0.3) is 0 Å². The molecule has 5 heteroatoms. The van der Waals surface area contributed by atoms with Crippen LogP contribution in [0.25, 0.3) is 0 Å². The van der Waals surface area contributed by atoms with Gasteiger partial charge < -0.3 is 5.32 Å². The van der Waals surface area contributed by atoms with Crippen molar-refractivity contribution < 1.29 is 13.2 Å². The molecule has 0 amide bonds. The third kappa shape index (κ3) is 4.08. The summed E-state index contributed by atoms with van der Waals surface area (Å²) in [5.41, 5.74) is 1.12. The zero-order valence-electron chi connectivity index (χ0n) is 11.5. The Labute approximate surface area is 130 Å². The van der Waals surface area contributed by atoms with Crippen molar-refractivity contribution in [1.82, 2.24) is 5.32 Å². The largest absolute Gasteiger partial charge is 0.310 e. The van der Waals surface area contributed by atoms with E-state index in [1.165, 1.54) is 18.2 Å². The zero-order chi connectivity index (χ0) is 15.4. The normalized spacial score (nSPS) is 12.4. The molecule has 0 fully saturated rings. The van der Waals surface area contributed by atoms with Crippen LogP contribution in [0.5, 0.6) is 0 Å². The number of benzene rings is 2. The fourth-order valence-electron chi connectivity index (χ4n) is 2.20. The maximum absolute atomic E-state index is 14.1. The molecule has 0 bridgehead atoms. The maximum atomic E-state index is 14.1. The summed E-state index contributed by atoms with van der Waals surface area (Å²) in [6.45, 7) is 2.51. The van der Waals surface area contributed by atoms with Gasteiger partial charge in [-0.25, -0.2) is 13.2 Å². The third-order valence-corrected chi connectivity index (χ3v) is 3.83. The molecule has 0 aliphatic heterocycles. The van der Waals surface area contributed by atoms with E-state index in [1.807, 2.05) is 6.92 Å². The van der Waals surface area contributed by atoms with Gasteiger partial charge in [-0.1, -0.05) is 19.1 Å². The van der Waals surface area contributed by atoms with Gasteiger partial charge >= 0.3 is 0 Å². The van der Waals surface area contributed by atoms with Gasteiger partial charge in [0.2, 0.25) is 0 Å². The van der Waals surface area contributed by atoms with E-state index in [2.05, 4.69) is 21.2 Å². The number of hydrogen-bond donors (Lipinski definition) is 1. The molecule has 0 aliphatic carbocycles. The van der Waals surface area contributed by atoms with Crippen molar-refractivity contribution in [2.75, 3.05) is 6.54 Å². The monoisotopic (exact) mass is 357 g/mol.